The topological polar surface area (TPSA) is 100 Å². The van der Waals surface area contributed by atoms with Gasteiger partial charge in [-0.3, -0.25) is 9.59 Å². The van der Waals surface area contributed by atoms with Crippen LogP contribution < -0.4 is 5.32 Å². The number of methoxy groups -OCH3 is 1. The van der Waals surface area contributed by atoms with Crippen LogP contribution in [0.1, 0.15) is 35.8 Å². The van der Waals surface area contributed by atoms with Gasteiger partial charge in [-0.2, -0.15) is 0 Å². The molecule has 29 heavy (non-hydrogen) atoms. The van der Waals surface area contributed by atoms with E-state index in [0.717, 1.165) is 18.5 Å². The number of aromatic amines is 1. The van der Waals surface area contributed by atoms with Gasteiger partial charge in [-0.05, 0) is 37.2 Å². The monoisotopic (exact) mass is 397 g/mol. The van der Waals surface area contributed by atoms with Gasteiger partial charge in [0.2, 0.25) is 5.91 Å². The van der Waals surface area contributed by atoms with Crippen LogP contribution >= 0.6 is 0 Å². The van der Waals surface area contributed by atoms with Crippen molar-refractivity contribution < 1.29 is 14.3 Å². The third kappa shape index (κ3) is 4.03. The lowest BCUT2D eigenvalue weighted by Crippen LogP contribution is -2.47. The van der Waals surface area contributed by atoms with Crippen molar-refractivity contribution in [3.63, 3.8) is 0 Å². The number of likely N-dealkylation sites (tertiary alicyclic amines) is 1. The summed E-state index contributed by atoms with van der Waals surface area (Å²) in [6, 6.07) is 0.259. The van der Waals surface area contributed by atoms with Gasteiger partial charge in [0.15, 0.2) is 5.65 Å². The van der Waals surface area contributed by atoms with Crippen LogP contribution in [0, 0.1) is 11.8 Å². The van der Waals surface area contributed by atoms with E-state index >= 15 is 0 Å². The van der Waals surface area contributed by atoms with Crippen LogP contribution in [0.15, 0.2) is 25.0 Å². The number of hydrogen-bond acceptors (Lipinski definition) is 5. The van der Waals surface area contributed by atoms with E-state index in [-0.39, 0.29) is 29.9 Å². The fourth-order valence-corrected chi connectivity index (χ4v) is 4.03. The molecule has 2 aromatic heterocycles. The first-order valence-corrected chi connectivity index (χ1v) is 10.1. The highest BCUT2D eigenvalue weighted by molar-refractivity contribution is 6.04. The number of carbonyl (C=O) groups excluding carboxylic acids is 2. The molecule has 4 rings (SSSR count). The second-order valence-corrected chi connectivity index (χ2v) is 8.07. The molecular weight excluding hydrogens is 370 g/mol. The maximum absolute atomic E-state index is 12.6. The molecule has 2 amide bonds. The van der Waals surface area contributed by atoms with E-state index in [9.17, 15) is 9.59 Å². The summed E-state index contributed by atoms with van der Waals surface area (Å²) in [4.78, 5) is 38.5. The van der Waals surface area contributed by atoms with Crippen LogP contribution in [-0.2, 0) is 16.0 Å². The summed E-state index contributed by atoms with van der Waals surface area (Å²) in [6.07, 6.45) is 7.21. The van der Waals surface area contributed by atoms with Crippen molar-refractivity contribution in [3.05, 3.63) is 36.3 Å². The number of hydrogen-bond donors (Lipinski definition) is 2. The van der Waals surface area contributed by atoms with E-state index in [0.29, 0.717) is 42.2 Å². The van der Waals surface area contributed by atoms with Crippen LogP contribution in [-0.4, -0.2) is 64.0 Å². The van der Waals surface area contributed by atoms with Gasteiger partial charge in [0.1, 0.15) is 5.52 Å². The Morgan fingerprint density at radius 3 is 2.97 bits per heavy atom. The molecule has 8 nitrogen and oxygen atoms in total. The Morgan fingerprint density at radius 1 is 1.48 bits per heavy atom. The molecule has 0 unspecified atom stereocenters. The Kier molecular flexibility index (Phi) is 5.36. The molecule has 1 saturated heterocycles. The predicted molar refractivity (Wildman–Crippen MR) is 108 cm³/mol. The van der Waals surface area contributed by atoms with Crippen molar-refractivity contribution in [3.8, 4) is 0 Å². The number of fused-ring (bicyclic) bond motifs is 1. The summed E-state index contributed by atoms with van der Waals surface area (Å²) in [5, 5.41) is 3.04. The number of H-pyrrole nitrogens is 1. The number of rotatable bonds is 6. The predicted octanol–water partition coefficient (Wildman–Crippen LogP) is 1.69. The Labute approximate surface area is 169 Å². The van der Waals surface area contributed by atoms with Crippen LogP contribution in [0.2, 0.25) is 0 Å². The Balaban J connectivity index is 1.49. The zero-order chi connectivity index (χ0) is 20.5. The molecule has 2 aromatic rings. The van der Waals surface area contributed by atoms with Gasteiger partial charge in [0, 0.05) is 32.4 Å². The molecule has 3 heterocycles. The van der Waals surface area contributed by atoms with Crippen LogP contribution in [0.25, 0.3) is 11.2 Å². The molecule has 1 saturated carbocycles. The lowest BCUT2D eigenvalue weighted by molar-refractivity contribution is -0.131. The van der Waals surface area contributed by atoms with Crippen molar-refractivity contribution in [1.82, 2.24) is 25.2 Å². The minimum Gasteiger partial charge on any atom is -0.379 e. The minimum atomic E-state index is -0.108. The fraction of sp³-hybridized carbons (Fsp3) is 0.524. The van der Waals surface area contributed by atoms with E-state index in [1.165, 1.54) is 6.08 Å². The summed E-state index contributed by atoms with van der Waals surface area (Å²) < 4.78 is 5.65. The molecule has 0 bridgehead atoms. The van der Waals surface area contributed by atoms with E-state index < -0.39 is 0 Å². The minimum absolute atomic E-state index is 0.0698. The van der Waals surface area contributed by atoms with E-state index in [1.54, 1.807) is 24.4 Å². The molecule has 0 aromatic carbocycles. The van der Waals surface area contributed by atoms with Gasteiger partial charge in [-0.1, -0.05) is 13.5 Å². The van der Waals surface area contributed by atoms with E-state index in [2.05, 4.69) is 28.8 Å². The second-order valence-electron chi connectivity index (χ2n) is 8.07. The van der Waals surface area contributed by atoms with Gasteiger partial charge >= 0.3 is 0 Å². The third-order valence-corrected chi connectivity index (χ3v) is 6.06. The molecule has 0 spiro atoms. The summed E-state index contributed by atoms with van der Waals surface area (Å²) in [5.41, 5.74) is 2.56. The smallest absolute Gasteiger partial charge is 0.255 e. The van der Waals surface area contributed by atoms with Gasteiger partial charge < -0.3 is 19.9 Å². The van der Waals surface area contributed by atoms with Gasteiger partial charge in [-0.25, -0.2) is 9.97 Å². The van der Waals surface area contributed by atoms with Gasteiger partial charge in [0.25, 0.3) is 5.91 Å². The Bertz CT molecular complexity index is 940. The van der Waals surface area contributed by atoms with Crippen molar-refractivity contribution in [2.24, 2.45) is 11.8 Å². The van der Waals surface area contributed by atoms with Gasteiger partial charge in [-0.15, -0.1) is 0 Å². The number of amides is 2. The standard InChI is InChI=1S/C21H27N5O3/c1-4-18(27)26-6-5-13(17(11-26)29-3)8-14-9-22-20-19(24-14)15(10-23-20)21(28)25-16-7-12(16)2/h4,9-10,12-13,16-17H,1,5-8,11H2,2-3H3,(H,22,23)(H,25,28)/t12-,13+,16-,17+/m1/s1. The summed E-state index contributed by atoms with van der Waals surface area (Å²) in [7, 11) is 1.67. The van der Waals surface area contributed by atoms with Crippen LogP contribution in [0.5, 0.6) is 0 Å². The molecule has 0 radical (unpaired) electrons. The molecule has 8 heteroatoms. The number of carbonyl (C=O) groups is 2. The zero-order valence-corrected chi connectivity index (χ0v) is 16.9. The highest BCUT2D eigenvalue weighted by atomic mass is 16.5. The summed E-state index contributed by atoms with van der Waals surface area (Å²) >= 11 is 0. The highest BCUT2D eigenvalue weighted by Crippen LogP contribution is 2.30. The number of aromatic nitrogens is 3. The van der Waals surface area contributed by atoms with Crippen LogP contribution in [0.3, 0.4) is 0 Å². The zero-order valence-electron chi connectivity index (χ0n) is 16.9. The average Bonchev–Trinajstić information content (AvgIpc) is 3.25. The lowest BCUT2D eigenvalue weighted by atomic mass is 9.89. The maximum Gasteiger partial charge on any atom is 0.255 e. The average molecular weight is 397 g/mol. The molecule has 4 atom stereocenters. The fourth-order valence-electron chi connectivity index (χ4n) is 4.03. The molecular formula is C21H27N5O3. The third-order valence-electron chi connectivity index (χ3n) is 6.06. The number of piperidine rings is 1. The van der Waals surface area contributed by atoms with Crippen molar-refractivity contribution in [1.29, 1.82) is 0 Å². The normalized spacial score (nSPS) is 26.3. The molecule has 1 aliphatic heterocycles. The first-order chi connectivity index (χ1) is 14.0. The molecule has 2 aliphatic rings. The molecule has 2 fully saturated rings. The van der Waals surface area contributed by atoms with Crippen LogP contribution in [0.4, 0.5) is 0 Å². The molecule has 154 valence electrons. The SMILES string of the molecule is C=CC(=O)N1CC[C@@H](Cc2cnc3[nH]cc(C(=O)N[C@@H]4C[C@H]4C)c3n2)[C@@H](OC)C1. The quantitative estimate of drug-likeness (QED) is 0.723. The number of nitrogens with one attached hydrogen (secondary N) is 2. The first kappa shape index (κ1) is 19.6. The Morgan fingerprint density at radius 2 is 2.28 bits per heavy atom. The van der Waals surface area contributed by atoms with Gasteiger partial charge in [0.05, 0.1) is 23.6 Å². The molecule has 2 N–H and O–H groups in total. The number of nitrogens with zero attached hydrogens (tertiary/aromatic N) is 3. The first-order valence-electron chi connectivity index (χ1n) is 10.1. The Hall–Kier alpha value is -2.74. The molecule has 1 aliphatic carbocycles. The van der Waals surface area contributed by atoms with E-state index in [1.807, 2.05) is 0 Å². The maximum atomic E-state index is 12.6. The second kappa shape index (κ2) is 7.94. The highest BCUT2D eigenvalue weighted by Gasteiger charge is 2.35. The van der Waals surface area contributed by atoms with Crippen molar-refractivity contribution >= 4 is 23.0 Å². The lowest BCUT2D eigenvalue weighted by Gasteiger charge is -2.37. The summed E-state index contributed by atoms with van der Waals surface area (Å²) in [6.45, 7) is 6.89. The largest absolute Gasteiger partial charge is 0.379 e. The summed E-state index contributed by atoms with van der Waals surface area (Å²) in [5.74, 6) is 0.586. The van der Waals surface area contributed by atoms with Crippen molar-refractivity contribution in [2.45, 2.75) is 38.3 Å². The van der Waals surface area contributed by atoms with Crippen molar-refractivity contribution in [2.75, 3.05) is 20.2 Å². The van der Waals surface area contributed by atoms with E-state index in [4.69, 9.17) is 9.72 Å². The number of ether oxygens (including phenoxy) is 1.